The number of carbonyl (C=O) groups excluding carboxylic acids is 2. The Labute approximate surface area is 219 Å². The first-order valence-corrected chi connectivity index (χ1v) is 12.3. The fourth-order valence-electron chi connectivity index (χ4n) is 2.75. The molecule has 0 fully saturated rings. The number of ether oxygens (including phenoxy) is 2. The number of phenols is 2. The van der Waals surface area contributed by atoms with Gasteiger partial charge in [-0.15, -0.1) is 0 Å². The molecule has 0 aliphatic carbocycles. The molecule has 0 spiro atoms. The second-order valence-corrected chi connectivity index (χ2v) is 8.71. The van der Waals surface area contributed by atoms with Crippen molar-refractivity contribution in [2.45, 2.75) is 33.1 Å². The van der Waals surface area contributed by atoms with Crippen molar-refractivity contribution in [2.24, 2.45) is 10.2 Å². The van der Waals surface area contributed by atoms with E-state index in [4.69, 9.17) is 9.47 Å². The Bertz CT molecular complexity index is 1020. The number of benzene rings is 2. The van der Waals surface area contributed by atoms with E-state index in [0.29, 0.717) is 51.2 Å². The monoisotopic (exact) mass is 612 g/mol. The fourth-order valence-corrected chi connectivity index (χ4v) is 3.67. The van der Waals surface area contributed by atoms with E-state index in [1.807, 2.05) is 0 Å². The summed E-state index contributed by atoms with van der Waals surface area (Å²) in [6.45, 7) is 4.38. The van der Waals surface area contributed by atoms with E-state index < -0.39 is 0 Å². The third-order valence-electron chi connectivity index (χ3n) is 4.31. The molecule has 10 nitrogen and oxygen atoms in total. The molecule has 0 aliphatic rings. The Morgan fingerprint density at radius 3 is 1.60 bits per heavy atom. The topological polar surface area (TPSA) is 142 Å². The maximum Gasteiger partial charge on any atom is 0.240 e. The number of hydrogen-bond acceptors (Lipinski definition) is 8. The highest BCUT2D eigenvalue weighted by Gasteiger charge is 2.10. The number of phenolic OH excluding ortho intramolecular Hbond substituents is 2. The van der Waals surface area contributed by atoms with Gasteiger partial charge in [-0.3, -0.25) is 9.59 Å². The van der Waals surface area contributed by atoms with Gasteiger partial charge in [0.2, 0.25) is 11.8 Å². The summed E-state index contributed by atoms with van der Waals surface area (Å²) in [5, 5.41) is 27.6. The van der Waals surface area contributed by atoms with Crippen molar-refractivity contribution in [3.8, 4) is 23.0 Å². The summed E-state index contributed by atoms with van der Waals surface area (Å²) in [7, 11) is 0. The van der Waals surface area contributed by atoms with Gasteiger partial charge in [-0.05, 0) is 87.5 Å². The number of nitrogens with one attached hydrogen (secondary N) is 2. The van der Waals surface area contributed by atoms with Gasteiger partial charge in [-0.2, -0.15) is 10.2 Å². The summed E-state index contributed by atoms with van der Waals surface area (Å²) < 4.78 is 11.6. The minimum atomic E-state index is -0.349. The molecule has 0 saturated carbocycles. The maximum atomic E-state index is 12.0. The van der Waals surface area contributed by atoms with Crippen LogP contribution in [0.5, 0.6) is 23.0 Å². The summed E-state index contributed by atoms with van der Waals surface area (Å²) in [4.78, 5) is 23.9. The van der Waals surface area contributed by atoms with Gasteiger partial charge in [-0.1, -0.05) is 0 Å². The minimum absolute atomic E-state index is 0.0122. The van der Waals surface area contributed by atoms with Gasteiger partial charge >= 0.3 is 0 Å². The zero-order valence-corrected chi connectivity index (χ0v) is 22.3. The van der Waals surface area contributed by atoms with Crippen LogP contribution < -0.4 is 20.3 Å². The maximum absolute atomic E-state index is 12.0. The van der Waals surface area contributed by atoms with Crippen LogP contribution in [0, 0.1) is 0 Å². The molecule has 0 aromatic heterocycles. The van der Waals surface area contributed by atoms with Crippen LogP contribution >= 0.6 is 31.9 Å². The van der Waals surface area contributed by atoms with Crippen LogP contribution in [0.15, 0.2) is 43.4 Å². The molecule has 188 valence electrons. The number of hydrazone groups is 2. The van der Waals surface area contributed by atoms with Crippen molar-refractivity contribution < 1.29 is 29.3 Å². The number of carbonyl (C=O) groups is 2. The number of rotatable bonds is 12. The summed E-state index contributed by atoms with van der Waals surface area (Å²) in [5.41, 5.74) is 6.02. The number of nitrogens with zero attached hydrogens (tertiary/aromatic N) is 2. The number of aromatic hydroxyl groups is 2. The molecule has 0 bridgehead atoms. The van der Waals surface area contributed by atoms with Crippen LogP contribution in [-0.2, 0) is 9.59 Å². The first-order valence-electron chi connectivity index (χ1n) is 10.7. The van der Waals surface area contributed by atoms with Gasteiger partial charge in [0.1, 0.15) is 0 Å². The van der Waals surface area contributed by atoms with E-state index >= 15 is 0 Å². The molecular formula is C23H26Br2N4O6. The zero-order chi connectivity index (χ0) is 25.8. The van der Waals surface area contributed by atoms with E-state index in [1.165, 1.54) is 12.4 Å². The van der Waals surface area contributed by atoms with Crippen LogP contribution in [0.1, 0.15) is 44.2 Å². The lowest BCUT2D eigenvalue weighted by Crippen LogP contribution is -2.20. The highest BCUT2D eigenvalue weighted by Crippen LogP contribution is 2.35. The smallest absolute Gasteiger partial charge is 0.240 e. The average Bonchev–Trinajstić information content (AvgIpc) is 2.80. The first-order chi connectivity index (χ1) is 16.7. The van der Waals surface area contributed by atoms with Crippen molar-refractivity contribution in [2.75, 3.05) is 13.2 Å². The number of hydrogen-bond donors (Lipinski definition) is 4. The molecule has 0 heterocycles. The van der Waals surface area contributed by atoms with Gasteiger partial charge in [0.25, 0.3) is 0 Å². The second-order valence-electron chi connectivity index (χ2n) is 7.00. The molecule has 0 saturated heterocycles. The molecule has 4 N–H and O–H groups in total. The molecule has 0 aliphatic heterocycles. The molecule has 2 rings (SSSR count). The normalized spacial score (nSPS) is 11.1. The highest BCUT2D eigenvalue weighted by molar-refractivity contribution is 9.10. The minimum Gasteiger partial charge on any atom is -0.503 e. The molecule has 0 radical (unpaired) electrons. The fraction of sp³-hybridized carbons (Fsp3) is 0.304. The lowest BCUT2D eigenvalue weighted by atomic mass is 10.2. The summed E-state index contributed by atoms with van der Waals surface area (Å²) in [5.74, 6) is -0.119. The van der Waals surface area contributed by atoms with Crippen molar-refractivity contribution in [3.05, 3.63) is 44.3 Å². The van der Waals surface area contributed by atoms with Gasteiger partial charge < -0.3 is 19.7 Å². The molecule has 35 heavy (non-hydrogen) atoms. The molecule has 2 amide bonds. The van der Waals surface area contributed by atoms with E-state index in [0.717, 1.165) is 0 Å². The van der Waals surface area contributed by atoms with Crippen LogP contribution in [0.25, 0.3) is 0 Å². The number of amides is 2. The van der Waals surface area contributed by atoms with E-state index in [-0.39, 0.29) is 36.2 Å². The van der Waals surface area contributed by atoms with E-state index in [2.05, 4.69) is 52.9 Å². The molecule has 12 heteroatoms. The molecule has 2 aromatic carbocycles. The molecular weight excluding hydrogens is 588 g/mol. The van der Waals surface area contributed by atoms with Crippen LogP contribution in [0.3, 0.4) is 0 Å². The Balaban J connectivity index is 1.76. The lowest BCUT2D eigenvalue weighted by molar-refractivity contribution is -0.122. The second kappa shape index (κ2) is 14.3. The van der Waals surface area contributed by atoms with Crippen molar-refractivity contribution >= 4 is 56.1 Å². The lowest BCUT2D eigenvalue weighted by Gasteiger charge is -2.08. The third kappa shape index (κ3) is 9.21. The predicted molar refractivity (Wildman–Crippen MR) is 139 cm³/mol. The van der Waals surface area contributed by atoms with Gasteiger partial charge in [-0.25, -0.2) is 10.9 Å². The highest BCUT2D eigenvalue weighted by atomic mass is 79.9. The largest absolute Gasteiger partial charge is 0.503 e. The van der Waals surface area contributed by atoms with E-state index in [9.17, 15) is 19.8 Å². The van der Waals surface area contributed by atoms with Crippen molar-refractivity contribution in [1.29, 1.82) is 0 Å². The number of halogens is 2. The predicted octanol–water partition coefficient (Wildman–Crippen LogP) is 4.19. The van der Waals surface area contributed by atoms with Crippen LogP contribution in [-0.4, -0.2) is 47.7 Å². The van der Waals surface area contributed by atoms with Crippen molar-refractivity contribution in [3.63, 3.8) is 0 Å². The Morgan fingerprint density at radius 1 is 0.829 bits per heavy atom. The van der Waals surface area contributed by atoms with Gasteiger partial charge in [0, 0.05) is 12.8 Å². The standard InChI is InChI=1S/C23H26Br2N4O6/c1-3-34-18-10-14(8-16(24)22(18)32)12-26-28-20(30)6-5-7-21(31)29-27-13-15-9-17(25)23(33)19(11-15)35-4-2/h8-13,32-33H,3-7H2,1-2H3,(H,28,30)(H,29,31). The third-order valence-corrected chi connectivity index (χ3v) is 5.52. The summed E-state index contributed by atoms with van der Waals surface area (Å²) in [6, 6.07) is 6.46. The summed E-state index contributed by atoms with van der Waals surface area (Å²) in [6.07, 6.45) is 3.34. The Hall–Kier alpha value is -3.12. The Morgan fingerprint density at radius 2 is 1.23 bits per heavy atom. The summed E-state index contributed by atoms with van der Waals surface area (Å²) >= 11 is 6.47. The Kier molecular flexibility index (Phi) is 11.5. The van der Waals surface area contributed by atoms with Crippen LogP contribution in [0.4, 0.5) is 0 Å². The molecule has 2 aromatic rings. The molecule has 0 atom stereocenters. The average molecular weight is 614 g/mol. The zero-order valence-electron chi connectivity index (χ0n) is 19.2. The first kappa shape index (κ1) is 28.1. The van der Waals surface area contributed by atoms with Crippen LogP contribution in [0.2, 0.25) is 0 Å². The van der Waals surface area contributed by atoms with Crippen molar-refractivity contribution in [1.82, 2.24) is 10.9 Å². The van der Waals surface area contributed by atoms with E-state index in [1.54, 1.807) is 38.1 Å². The van der Waals surface area contributed by atoms with Gasteiger partial charge in [0.05, 0.1) is 34.6 Å². The molecule has 0 unspecified atom stereocenters. The SMILES string of the molecule is CCOc1cc(C=NNC(=O)CCCC(=O)NN=Cc2cc(Br)c(O)c(OCC)c2)cc(Br)c1O. The van der Waals surface area contributed by atoms with Gasteiger partial charge in [0.15, 0.2) is 23.0 Å². The quantitative estimate of drug-likeness (QED) is 0.209.